The summed E-state index contributed by atoms with van der Waals surface area (Å²) in [5, 5.41) is 2.73. The van der Waals surface area contributed by atoms with E-state index in [0.29, 0.717) is 41.2 Å². The van der Waals surface area contributed by atoms with E-state index in [2.05, 4.69) is 10.0 Å². The molecule has 0 saturated heterocycles. The highest BCUT2D eigenvalue weighted by Gasteiger charge is 2.28. The van der Waals surface area contributed by atoms with E-state index in [1.54, 1.807) is 43.0 Å². The lowest BCUT2D eigenvalue weighted by Gasteiger charge is -2.18. The molecule has 1 aromatic heterocycles. The average Bonchev–Trinajstić information content (AvgIpc) is 3.39. The zero-order valence-electron chi connectivity index (χ0n) is 17.9. The van der Waals surface area contributed by atoms with Crippen LogP contribution in [0.1, 0.15) is 34.2 Å². The van der Waals surface area contributed by atoms with E-state index in [9.17, 15) is 18.0 Å². The topological polar surface area (TPSA) is 109 Å². The lowest BCUT2D eigenvalue weighted by atomic mass is 10.1. The normalized spacial score (nSPS) is 13.0. The molecule has 0 atom stereocenters. The van der Waals surface area contributed by atoms with Gasteiger partial charge in [0, 0.05) is 24.8 Å². The zero-order valence-corrected chi connectivity index (χ0v) is 18.7. The van der Waals surface area contributed by atoms with E-state index in [1.165, 1.54) is 25.3 Å². The van der Waals surface area contributed by atoms with Gasteiger partial charge in [-0.1, -0.05) is 6.07 Å². The van der Waals surface area contributed by atoms with Gasteiger partial charge in [0.25, 0.3) is 15.9 Å². The molecule has 9 heteroatoms. The van der Waals surface area contributed by atoms with Gasteiger partial charge in [-0.2, -0.15) is 0 Å². The third-order valence-electron chi connectivity index (χ3n) is 5.33. The maximum atomic E-state index is 13.0. The molecule has 1 aliphatic heterocycles. The number of amides is 2. The maximum Gasteiger partial charge on any atom is 0.293 e. The van der Waals surface area contributed by atoms with Crippen LogP contribution in [0.3, 0.4) is 0 Å². The van der Waals surface area contributed by atoms with Gasteiger partial charge in [-0.15, -0.1) is 0 Å². The van der Waals surface area contributed by atoms with Crippen LogP contribution in [0.25, 0.3) is 0 Å². The number of carbonyl (C=O) groups excluding carboxylic acids is 2. The minimum absolute atomic E-state index is 0.0885. The Bertz CT molecular complexity index is 1290. The van der Waals surface area contributed by atoms with E-state index in [-0.39, 0.29) is 22.5 Å². The van der Waals surface area contributed by atoms with E-state index in [0.717, 1.165) is 5.56 Å². The van der Waals surface area contributed by atoms with E-state index < -0.39 is 10.0 Å². The fourth-order valence-electron chi connectivity index (χ4n) is 3.85. The first-order valence-electron chi connectivity index (χ1n) is 10.1. The monoisotopic (exact) mass is 453 g/mol. The molecule has 0 saturated carbocycles. The number of anilines is 3. The third kappa shape index (κ3) is 4.11. The van der Waals surface area contributed by atoms with Gasteiger partial charge in [0.1, 0.15) is 0 Å². The summed E-state index contributed by atoms with van der Waals surface area (Å²) in [5.41, 5.74) is 3.85. The molecule has 0 spiro atoms. The second-order valence-electron chi connectivity index (χ2n) is 7.75. The predicted octanol–water partition coefficient (Wildman–Crippen LogP) is 3.86. The Kier molecular flexibility index (Phi) is 5.52. The fraction of sp³-hybridized carbons (Fsp3) is 0.217. The molecule has 1 aliphatic rings. The van der Waals surface area contributed by atoms with Crippen molar-refractivity contribution in [3.8, 4) is 0 Å². The van der Waals surface area contributed by atoms with Gasteiger partial charge in [0.05, 0.1) is 16.8 Å². The molecule has 2 heterocycles. The number of benzene rings is 2. The van der Waals surface area contributed by atoms with Crippen molar-refractivity contribution in [2.24, 2.45) is 0 Å². The number of sulfonamides is 1. The summed E-state index contributed by atoms with van der Waals surface area (Å²) in [6.45, 7) is 5.38. The highest BCUT2D eigenvalue weighted by Crippen LogP contribution is 2.33. The summed E-state index contributed by atoms with van der Waals surface area (Å²) in [4.78, 5) is 25.8. The first-order valence-corrected chi connectivity index (χ1v) is 11.5. The van der Waals surface area contributed by atoms with Crippen molar-refractivity contribution in [3.05, 3.63) is 71.2 Å². The van der Waals surface area contributed by atoms with Crippen LogP contribution in [0.2, 0.25) is 0 Å². The van der Waals surface area contributed by atoms with Crippen LogP contribution < -0.4 is 14.9 Å². The summed E-state index contributed by atoms with van der Waals surface area (Å²) < 4.78 is 33.9. The number of fused-ring (bicyclic) bond motifs is 1. The van der Waals surface area contributed by atoms with Gasteiger partial charge >= 0.3 is 0 Å². The van der Waals surface area contributed by atoms with Gasteiger partial charge in [-0.05, 0) is 73.4 Å². The van der Waals surface area contributed by atoms with Crippen molar-refractivity contribution in [3.63, 3.8) is 0 Å². The van der Waals surface area contributed by atoms with Crippen LogP contribution in [-0.2, 0) is 21.2 Å². The van der Waals surface area contributed by atoms with E-state index >= 15 is 0 Å². The summed E-state index contributed by atoms with van der Waals surface area (Å²) in [6, 6.07) is 11.4. The fourth-order valence-corrected chi connectivity index (χ4v) is 5.07. The Balaban J connectivity index is 1.62. The number of aryl methyl sites for hydroxylation is 2. The van der Waals surface area contributed by atoms with Crippen LogP contribution in [-0.4, -0.2) is 26.8 Å². The van der Waals surface area contributed by atoms with Crippen molar-refractivity contribution in [2.45, 2.75) is 32.1 Å². The van der Waals surface area contributed by atoms with Crippen molar-refractivity contribution in [2.75, 3.05) is 21.5 Å². The van der Waals surface area contributed by atoms with Crippen molar-refractivity contribution in [1.29, 1.82) is 0 Å². The molecular formula is C23H23N3O5S. The molecule has 2 N–H and O–H groups in total. The standard InChI is InChI=1S/C23H23N3O5S/c1-14-11-19(12-15(2)22(14)24-16(3)27)32(29,30)25-18-7-6-17-8-9-26(20(17)13-18)23(28)21-5-4-10-31-21/h4-7,10-13,25H,8-9H2,1-3H3,(H,24,27). The van der Waals surface area contributed by atoms with Crippen molar-refractivity contribution in [1.82, 2.24) is 0 Å². The third-order valence-corrected chi connectivity index (χ3v) is 6.69. The summed E-state index contributed by atoms with van der Waals surface area (Å²) in [7, 11) is -3.89. The highest BCUT2D eigenvalue weighted by molar-refractivity contribution is 7.92. The van der Waals surface area contributed by atoms with Crippen LogP contribution in [0, 0.1) is 13.8 Å². The number of nitrogens with one attached hydrogen (secondary N) is 2. The first-order chi connectivity index (χ1) is 15.2. The molecule has 32 heavy (non-hydrogen) atoms. The van der Waals surface area contributed by atoms with Crippen molar-refractivity contribution < 1.29 is 22.4 Å². The number of rotatable bonds is 5. The Hall–Kier alpha value is -3.59. The number of carbonyl (C=O) groups is 2. The lowest BCUT2D eigenvalue weighted by molar-refractivity contribution is -0.114. The molecule has 0 radical (unpaired) electrons. The van der Waals surface area contributed by atoms with E-state index in [4.69, 9.17) is 4.42 Å². The highest BCUT2D eigenvalue weighted by atomic mass is 32.2. The molecule has 2 aromatic carbocycles. The zero-order chi connectivity index (χ0) is 23.0. The molecule has 2 amide bonds. The average molecular weight is 454 g/mol. The molecule has 8 nitrogen and oxygen atoms in total. The van der Waals surface area contributed by atoms with Gasteiger partial charge in [-0.25, -0.2) is 8.42 Å². The molecule has 0 unspecified atom stereocenters. The first kappa shape index (κ1) is 21.6. The number of hydrogen-bond donors (Lipinski definition) is 2. The Morgan fingerprint density at radius 3 is 2.41 bits per heavy atom. The van der Waals surface area contributed by atoms with E-state index in [1.807, 2.05) is 6.07 Å². The number of nitrogens with zero attached hydrogens (tertiary/aromatic N) is 1. The molecular weight excluding hydrogens is 430 g/mol. The second-order valence-corrected chi connectivity index (χ2v) is 9.43. The molecule has 0 bridgehead atoms. The number of hydrogen-bond acceptors (Lipinski definition) is 5. The number of furan rings is 1. The van der Waals surface area contributed by atoms with Crippen LogP contribution >= 0.6 is 0 Å². The smallest absolute Gasteiger partial charge is 0.293 e. The summed E-state index contributed by atoms with van der Waals surface area (Å²) in [5.74, 6) is -0.265. The molecule has 0 fully saturated rings. The van der Waals surface area contributed by atoms with Crippen molar-refractivity contribution >= 4 is 38.9 Å². The summed E-state index contributed by atoms with van der Waals surface area (Å²) >= 11 is 0. The SMILES string of the molecule is CC(=O)Nc1c(C)cc(S(=O)(=O)Nc2ccc3c(c2)N(C(=O)c2ccco2)CC3)cc1C. The summed E-state index contributed by atoms with van der Waals surface area (Å²) in [6.07, 6.45) is 2.12. The predicted molar refractivity (Wildman–Crippen MR) is 122 cm³/mol. The Morgan fingerprint density at radius 1 is 1.06 bits per heavy atom. The minimum atomic E-state index is -3.89. The molecule has 4 rings (SSSR count). The lowest BCUT2D eigenvalue weighted by Crippen LogP contribution is -2.28. The molecule has 0 aliphatic carbocycles. The minimum Gasteiger partial charge on any atom is -0.459 e. The van der Waals surface area contributed by atoms with Crippen LogP contribution in [0.15, 0.2) is 58.0 Å². The molecule has 3 aromatic rings. The Labute approximate surface area is 186 Å². The van der Waals surface area contributed by atoms with Gasteiger partial charge < -0.3 is 14.6 Å². The second kappa shape index (κ2) is 8.16. The maximum absolute atomic E-state index is 13.0. The van der Waals surface area contributed by atoms with Gasteiger partial charge in [0.15, 0.2) is 5.76 Å². The van der Waals surface area contributed by atoms with Crippen LogP contribution in [0.5, 0.6) is 0 Å². The van der Waals surface area contributed by atoms with Gasteiger partial charge in [0.2, 0.25) is 5.91 Å². The Morgan fingerprint density at radius 2 is 1.78 bits per heavy atom. The largest absolute Gasteiger partial charge is 0.459 e. The van der Waals surface area contributed by atoms with Crippen LogP contribution in [0.4, 0.5) is 17.1 Å². The van der Waals surface area contributed by atoms with Gasteiger partial charge in [-0.3, -0.25) is 14.3 Å². The quantitative estimate of drug-likeness (QED) is 0.610. The molecule has 166 valence electrons.